The SMILES string of the molecule is CCCCC(CC)CCc1ccnc(-c2cc(C)n[n-]2)c1.CCCCCC#Cc1ccnc(-c2cc(C)n[n-]2)c1.Cc1cc(-c2ccc(F)cn2)[n-]n1.O=C(O)c1ccnc(-c2cccc(-c3ccccn3)n2)c1.O=C(O)c1ccnc(-c2cccc(-c3ccccn3)n2)c1.O=C(O)c1ccnc(-c2cccc(-c3ccccn3)n2)c1.O=C=O.O=C=O.O=C=O.O=C=O.O=C=O.O=C=O.[N-]=C=S.[N-]=C=S.[N-]=C=S.[Ru+2].[Ru+2].[Ru+2]. The number of carbonyl (C=O) groups excluding carboxylic acids is 12. The van der Waals surface area contributed by atoms with Crippen molar-refractivity contribution in [3.05, 3.63) is 323 Å². The monoisotopic (exact) mass is 2290 g/mol. The van der Waals surface area contributed by atoms with E-state index in [1.807, 2.05) is 142 Å². The van der Waals surface area contributed by atoms with E-state index in [4.69, 9.17) is 89.1 Å². The van der Waals surface area contributed by atoms with Crippen molar-refractivity contribution in [3.8, 4) is 114 Å². The van der Waals surface area contributed by atoms with E-state index in [1.165, 1.54) is 140 Å². The largest absolute Gasteiger partial charge is 2.00 e. The average Bonchev–Trinajstić information content (AvgIpc) is 1.23. The maximum Gasteiger partial charge on any atom is 2.00 e. The molecule has 746 valence electrons. The number of aryl methyl sites for hydroxylation is 4. The van der Waals surface area contributed by atoms with Crippen LogP contribution in [0, 0.1) is 44.3 Å². The van der Waals surface area contributed by atoms with Gasteiger partial charge in [-0.2, -0.15) is 73.0 Å². The molecule has 0 spiro atoms. The number of nitrogens with zero attached hydrogens (tertiary/aromatic N) is 21. The number of hydrogen-bond acceptors (Lipinski definition) is 33. The summed E-state index contributed by atoms with van der Waals surface area (Å²) in [5.41, 5.74) is 18.2. The first kappa shape index (κ1) is 133. The topological polar surface area (TPSA) is 619 Å². The quantitative estimate of drug-likeness (QED) is 0.0186. The summed E-state index contributed by atoms with van der Waals surface area (Å²) in [4.78, 5) is 182. The van der Waals surface area contributed by atoms with Gasteiger partial charge < -0.3 is 62.1 Å². The fraction of sp³-hybridized carbons (Fsp3) is 0.170. The van der Waals surface area contributed by atoms with Crippen LogP contribution < -0.4 is 15.3 Å². The normalized spacial score (nSPS) is 8.95. The molecule has 15 aromatic rings. The second kappa shape index (κ2) is 83.6. The fourth-order valence-corrected chi connectivity index (χ4v) is 11.3. The van der Waals surface area contributed by atoms with Gasteiger partial charge in [-0.25, -0.2) is 33.7 Å². The maximum absolute atomic E-state index is 12.5. The number of pyridine rings is 12. The molecule has 0 aliphatic rings. The molecule has 15 aromatic heterocycles. The summed E-state index contributed by atoms with van der Waals surface area (Å²) in [6.07, 6.45) is 28.1. The molecule has 0 radical (unpaired) electrons. The van der Waals surface area contributed by atoms with Gasteiger partial charge in [0.1, 0.15) is 5.82 Å². The average molecular weight is 2290 g/mol. The van der Waals surface area contributed by atoms with Gasteiger partial charge >= 0.3 is 113 Å². The van der Waals surface area contributed by atoms with Crippen LogP contribution in [0.2, 0.25) is 0 Å². The number of halogens is 1. The van der Waals surface area contributed by atoms with Gasteiger partial charge in [-0.05, 0) is 197 Å². The first-order valence-corrected chi connectivity index (χ1v) is 42.6. The summed E-state index contributed by atoms with van der Waals surface area (Å²) in [7, 11) is 0. The molecule has 46 heteroatoms. The number of carboxylic acid groups (broad SMARTS) is 3. The Bertz CT molecular complexity index is 6290. The van der Waals surface area contributed by atoms with Crippen molar-refractivity contribution in [1.82, 2.24) is 90.4 Å². The third-order valence-corrected chi connectivity index (χ3v) is 17.4. The van der Waals surface area contributed by atoms with E-state index in [1.54, 1.807) is 55.1 Å². The van der Waals surface area contributed by atoms with Crippen LogP contribution in [-0.2, 0) is 122 Å². The molecule has 1 atom stereocenters. The van der Waals surface area contributed by atoms with E-state index in [0.29, 0.717) is 45.6 Å². The minimum Gasteiger partial charge on any atom is -0.753 e. The van der Waals surface area contributed by atoms with Crippen LogP contribution in [0.3, 0.4) is 0 Å². The van der Waals surface area contributed by atoms with Crippen molar-refractivity contribution in [2.24, 2.45) is 5.92 Å². The summed E-state index contributed by atoms with van der Waals surface area (Å²) < 4.78 is 12.5. The van der Waals surface area contributed by atoms with Gasteiger partial charge in [-0.1, -0.05) is 179 Å². The number of hydrogen-bond donors (Lipinski definition) is 3. The molecule has 0 aliphatic carbocycles. The molecule has 15 rings (SSSR count). The van der Waals surface area contributed by atoms with Crippen molar-refractivity contribution < 1.29 is 150 Å². The Balaban J connectivity index is -0.00000160. The van der Waals surface area contributed by atoms with Crippen molar-refractivity contribution in [3.63, 3.8) is 0 Å². The van der Waals surface area contributed by atoms with Crippen LogP contribution >= 0.6 is 36.7 Å². The number of carboxylic acids is 3. The third kappa shape index (κ3) is 55.8. The molecule has 39 nitrogen and oxygen atoms in total. The standard InChI is InChI=1S/C18H26N3.3C16H11N3O2.C16H18N3.C9H7FN3.3CNS.6CO2.3Ru/c1-4-6-7-15(5-2)8-9-16-10-11-19-17(13-16)18-12-14(3)20-21-18;3*20-16(21)11-7-9-18-15(10-11)14-6-3-5-13(19-14)12-4-1-2-8-17-12;1-3-4-5-6-7-8-14-9-10-17-15(12-14)16-11-13(2)18-19-16;1-6-4-9(13-12-6)8-3-2-7(10)5-11-8;9*2-1-3;;;/h10-13,15H,4-9H2,1-3H3;3*1-10H,(H,20,21);9-12H,3-6H2,1-2H3;2-5H,1H3;;;;;;;;;;;;/q-1;;;;5*-1;;;;;;;3*+2. The van der Waals surface area contributed by atoms with Crippen LogP contribution in [0.15, 0.2) is 256 Å². The van der Waals surface area contributed by atoms with E-state index >= 15 is 0 Å². The first-order valence-electron chi connectivity index (χ1n) is 41.4. The number of rotatable bonds is 22. The Morgan fingerprint density at radius 2 is 0.658 bits per heavy atom. The second-order valence-corrected chi connectivity index (χ2v) is 27.6. The minimum atomic E-state index is -0.987. The van der Waals surface area contributed by atoms with Crippen LogP contribution in [0.5, 0.6) is 0 Å². The molecule has 15 heterocycles. The van der Waals surface area contributed by atoms with E-state index in [2.05, 4.69) is 172 Å². The van der Waals surface area contributed by atoms with Gasteiger partial charge in [0, 0.05) is 90.0 Å². The summed E-state index contributed by atoms with van der Waals surface area (Å²) in [5.74, 6) is 3.93. The Hall–Kier alpha value is -17.1. The number of thiocarbonyl (C=S) groups is 3. The summed E-state index contributed by atoms with van der Waals surface area (Å²) in [5, 5.41) is 76.5. The van der Waals surface area contributed by atoms with E-state index in [9.17, 15) is 18.8 Å². The van der Waals surface area contributed by atoms with Crippen LogP contribution in [0.1, 0.15) is 138 Å². The van der Waals surface area contributed by atoms with Crippen LogP contribution in [-0.4, -0.2) is 161 Å². The van der Waals surface area contributed by atoms with Gasteiger partial charge in [-0.3, -0.25) is 44.9 Å². The van der Waals surface area contributed by atoms with Gasteiger partial charge in [0.25, 0.3) is 0 Å². The summed E-state index contributed by atoms with van der Waals surface area (Å²) in [6.45, 7) is 12.5. The predicted molar refractivity (Wildman–Crippen MR) is 520 cm³/mol. The number of carbonyl (C=O) groups is 3. The van der Waals surface area contributed by atoms with Crippen LogP contribution in [0.4, 0.5) is 4.39 Å². The van der Waals surface area contributed by atoms with Crippen LogP contribution in [0.25, 0.3) is 119 Å². The molecule has 3 N–H and O–H groups in total. The van der Waals surface area contributed by atoms with E-state index in [0.717, 1.165) is 98.3 Å². The fourth-order valence-electron chi connectivity index (χ4n) is 11.3. The summed E-state index contributed by atoms with van der Waals surface area (Å²) >= 11 is 11.1. The minimum absolute atomic E-state index is 0. The third-order valence-electron chi connectivity index (χ3n) is 17.4. The Labute approximate surface area is 889 Å². The molecule has 0 saturated heterocycles. The summed E-state index contributed by atoms with van der Waals surface area (Å²) in [6, 6.07) is 59.0. The molecule has 1 unspecified atom stereocenters. The maximum atomic E-state index is 12.5. The van der Waals surface area contributed by atoms with Crippen molar-refractivity contribution in [2.75, 3.05) is 0 Å². The van der Waals surface area contributed by atoms with Crippen molar-refractivity contribution in [1.29, 1.82) is 0 Å². The van der Waals surface area contributed by atoms with Gasteiger partial charge in [-0.15, -0.1) is 0 Å². The number of aromatic carboxylic acids is 3. The molecule has 0 amide bonds. The van der Waals surface area contributed by atoms with E-state index in [-0.39, 0.29) is 118 Å². The second-order valence-electron chi connectivity index (χ2n) is 27.0. The molecule has 146 heavy (non-hydrogen) atoms. The van der Waals surface area contributed by atoms with Gasteiger partial charge in [0.05, 0.1) is 96.9 Å². The Morgan fingerprint density at radius 1 is 0.349 bits per heavy atom. The molecule has 0 aromatic carbocycles. The molecule has 0 fully saturated rings. The van der Waals surface area contributed by atoms with Crippen molar-refractivity contribution in [2.45, 2.75) is 106 Å². The molecular formula is C100H84FN21O18Ru3S3. The molecular weight excluding hydrogens is 2200 g/mol. The zero-order valence-corrected chi connectivity index (χ0v) is 85.6. The Morgan fingerprint density at radius 3 is 0.959 bits per heavy atom. The predicted octanol–water partition coefficient (Wildman–Crippen LogP) is 16.6. The van der Waals surface area contributed by atoms with Crippen molar-refractivity contribution >= 4 is 107 Å². The number of unbranched alkanes of at least 4 members (excludes halogenated alkanes) is 4. The molecule has 0 saturated carbocycles. The number of isothiocyanates is 3. The first-order chi connectivity index (χ1) is 69.2. The van der Waals surface area contributed by atoms with E-state index < -0.39 is 17.9 Å². The Kier molecular flexibility index (Phi) is 76.2. The van der Waals surface area contributed by atoms with Gasteiger partial charge in [0.2, 0.25) is 0 Å². The molecule has 0 bridgehead atoms. The zero-order chi connectivity index (χ0) is 106. The smallest absolute Gasteiger partial charge is 0.753 e. The number of aromatic nitrogens is 18. The van der Waals surface area contributed by atoms with Gasteiger partial charge in [0.15, 0.2) is 0 Å². The molecule has 0 aliphatic heterocycles. The zero-order valence-electron chi connectivity index (χ0n) is 77.9.